The average molecular weight is 213 g/mol. The largest absolute Gasteiger partial charge is 0.356 e. The molecule has 0 aromatic heterocycles. The third-order valence-corrected chi connectivity index (χ3v) is 2.84. The molecular weight excluding hydrogens is 190 g/mol. The van der Waals surface area contributed by atoms with E-state index in [9.17, 15) is 4.79 Å². The quantitative estimate of drug-likeness (QED) is 0.559. The van der Waals surface area contributed by atoms with Crippen molar-refractivity contribution in [1.82, 2.24) is 10.6 Å². The van der Waals surface area contributed by atoms with Gasteiger partial charge in [-0.15, -0.1) is 0 Å². The summed E-state index contributed by atoms with van der Waals surface area (Å²) in [6, 6.07) is 0.555. The van der Waals surface area contributed by atoms with Crippen LogP contribution in [0.2, 0.25) is 0 Å². The van der Waals surface area contributed by atoms with E-state index in [-0.39, 0.29) is 5.91 Å². The fourth-order valence-electron chi connectivity index (χ4n) is 1.89. The molecule has 1 fully saturated rings. The molecule has 4 nitrogen and oxygen atoms in total. The van der Waals surface area contributed by atoms with Crippen LogP contribution in [-0.2, 0) is 4.79 Å². The molecule has 88 valence electrons. The standard InChI is InChI=1S/C11H23N3O/c12-7-3-9-14-11(15)6-5-10-4-1-2-8-13-10/h10,13H,1-9,12H2,(H,14,15). The number of amides is 1. The Morgan fingerprint density at radius 3 is 3.00 bits per heavy atom. The van der Waals surface area contributed by atoms with E-state index in [0.717, 1.165) is 19.4 Å². The van der Waals surface area contributed by atoms with E-state index in [2.05, 4.69) is 10.6 Å². The van der Waals surface area contributed by atoms with Gasteiger partial charge in [-0.25, -0.2) is 0 Å². The Morgan fingerprint density at radius 2 is 2.33 bits per heavy atom. The molecule has 1 unspecified atom stereocenters. The number of nitrogens with two attached hydrogens (primary N) is 1. The SMILES string of the molecule is NCCCNC(=O)CCC1CCCCN1. The lowest BCUT2D eigenvalue weighted by Gasteiger charge is -2.23. The first-order valence-electron chi connectivity index (χ1n) is 6.03. The van der Waals surface area contributed by atoms with E-state index in [1.165, 1.54) is 19.3 Å². The fraction of sp³-hybridized carbons (Fsp3) is 0.909. The van der Waals surface area contributed by atoms with Crippen molar-refractivity contribution in [2.45, 2.75) is 44.6 Å². The smallest absolute Gasteiger partial charge is 0.220 e. The van der Waals surface area contributed by atoms with Gasteiger partial charge in [-0.2, -0.15) is 0 Å². The molecule has 0 saturated carbocycles. The highest BCUT2D eigenvalue weighted by Gasteiger charge is 2.13. The summed E-state index contributed by atoms with van der Waals surface area (Å²) in [5, 5.41) is 6.32. The van der Waals surface area contributed by atoms with E-state index < -0.39 is 0 Å². The van der Waals surface area contributed by atoms with Crippen molar-refractivity contribution in [2.75, 3.05) is 19.6 Å². The highest BCUT2D eigenvalue weighted by molar-refractivity contribution is 5.75. The first-order chi connectivity index (χ1) is 7.33. The monoisotopic (exact) mass is 213 g/mol. The molecule has 0 spiro atoms. The minimum Gasteiger partial charge on any atom is -0.356 e. The minimum absolute atomic E-state index is 0.163. The third kappa shape index (κ3) is 5.74. The second-order valence-electron chi connectivity index (χ2n) is 4.18. The van der Waals surface area contributed by atoms with Crippen LogP contribution < -0.4 is 16.4 Å². The van der Waals surface area contributed by atoms with Gasteiger partial charge in [0, 0.05) is 19.0 Å². The van der Waals surface area contributed by atoms with Gasteiger partial charge < -0.3 is 16.4 Å². The average Bonchev–Trinajstić information content (AvgIpc) is 2.28. The zero-order valence-electron chi connectivity index (χ0n) is 9.43. The molecule has 0 aromatic carbocycles. The van der Waals surface area contributed by atoms with Gasteiger partial charge in [0.2, 0.25) is 5.91 Å². The van der Waals surface area contributed by atoms with Gasteiger partial charge in [-0.1, -0.05) is 6.42 Å². The van der Waals surface area contributed by atoms with E-state index in [1.54, 1.807) is 0 Å². The summed E-state index contributed by atoms with van der Waals surface area (Å²) in [4.78, 5) is 11.4. The van der Waals surface area contributed by atoms with Crippen LogP contribution in [0, 0.1) is 0 Å². The Labute approximate surface area is 92.0 Å². The molecule has 1 amide bonds. The van der Waals surface area contributed by atoms with Crippen molar-refractivity contribution >= 4 is 5.91 Å². The molecule has 4 N–H and O–H groups in total. The number of hydrogen-bond acceptors (Lipinski definition) is 3. The van der Waals surface area contributed by atoms with Crippen LogP contribution in [0.1, 0.15) is 38.5 Å². The predicted molar refractivity (Wildman–Crippen MR) is 61.6 cm³/mol. The number of nitrogens with one attached hydrogen (secondary N) is 2. The van der Waals surface area contributed by atoms with Crippen LogP contribution in [-0.4, -0.2) is 31.6 Å². The molecule has 0 aromatic rings. The van der Waals surface area contributed by atoms with Gasteiger partial charge in [0.25, 0.3) is 0 Å². The summed E-state index contributed by atoms with van der Waals surface area (Å²) in [5.74, 6) is 0.163. The van der Waals surface area contributed by atoms with Gasteiger partial charge in [-0.3, -0.25) is 4.79 Å². The maximum Gasteiger partial charge on any atom is 0.220 e. The van der Waals surface area contributed by atoms with Crippen molar-refractivity contribution in [3.63, 3.8) is 0 Å². The summed E-state index contributed by atoms with van der Waals surface area (Å²) < 4.78 is 0. The van der Waals surface area contributed by atoms with Crippen LogP contribution in [0.3, 0.4) is 0 Å². The Bertz CT molecular complexity index is 179. The molecule has 1 saturated heterocycles. The van der Waals surface area contributed by atoms with Gasteiger partial charge in [0.1, 0.15) is 0 Å². The highest BCUT2D eigenvalue weighted by atomic mass is 16.1. The van der Waals surface area contributed by atoms with E-state index in [1.807, 2.05) is 0 Å². The van der Waals surface area contributed by atoms with E-state index in [0.29, 0.717) is 25.6 Å². The van der Waals surface area contributed by atoms with E-state index in [4.69, 9.17) is 5.73 Å². The summed E-state index contributed by atoms with van der Waals surface area (Å²) in [7, 11) is 0. The zero-order valence-corrected chi connectivity index (χ0v) is 9.43. The number of piperidine rings is 1. The molecular formula is C11H23N3O. The minimum atomic E-state index is 0.163. The Morgan fingerprint density at radius 1 is 1.47 bits per heavy atom. The van der Waals surface area contributed by atoms with Gasteiger partial charge in [0.15, 0.2) is 0 Å². The second kappa shape index (κ2) is 7.65. The molecule has 1 atom stereocenters. The Hall–Kier alpha value is -0.610. The number of hydrogen-bond donors (Lipinski definition) is 3. The summed E-state index contributed by atoms with van der Waals surface area (Å²) in [6.07, 6.45) is 6.27. The lowest BCUT2D eigenvalue weighted by atomic mass is 10.0. The molecule has 1 aliphatic rings. The normalized spacial score (nSPS) is 21.3. The van der Waals surface area contributed by atoms with Crippen molar-refractivity contribution in [1.29, 1.82) is 0 Å². The van der Waals surface area contributed by atoms with Gasteiger partial charge in [-0.05, 0) is 38.8 Å². The van der Waals surface area contributed by atoms with Crippen LogP contribution >= 0.6 is 0 Å². The van der Waals surface area contributed by atoms with Gasteiger partial charge in [0.05, 0.1) is 0 Å². The Kier molecular flexibility index (Phi) is 6.36. The lowest BCUT2D eigenvalue weighted by molar-refractivity contribution is -0.121. The van der Waals surface area contributed by atoms with Crippen molar-refractivity contribution in [2.24, 2.45) is 5.73 Å². The zero-order chi connectivity index (χ0) is 10.9. The number of rotatable bonds is 6. The molecule has 0 aliphatic carbocycles. The van der Waals surface area contributed by atoms with Crippen LogP contribution in [0.4, 0.5) is 0 Å². The number of carbonyl (C=O) groups excluding carboxylic acids is 1. The second-order valence-corrected chi connectivity index (χ2v) is 4.18. The van der Waals surface area contributed by atoms with E-state index >= 15 is 0 Å². The van der Waals surface area contributed by atoms with Crippen molar-refractivity contribution in [3.05, 3.63) is 0 Å². The van der Waals surface area contributed by atoms with Crippen LogP contribution in [0.5, 0.6) is 0 Å². The molecule has 1 rings (SSSR count). The molecule has 15 heavy (non-hydrogen) atoms. The summed E-state index contributed by atoms with van der Waals surface area (Å²) in [5.41, 5.74) is 5.34. The Balaban J connectivity index is 2.00. The maximum absolute atomic E-state index is 11.4. The topological polar surface area (TPSA) is 67.1 Å². The van der Waals surface area contributed by atoms with Crippen LogP contribution in [0.15, 0.2) is 0 Å². The van der Waals surface area contributed by atoms with Crippen molar-refractivity contribution in [3.8, 4) is 0 Å². The molecule has 1 aliphatic heterocycles. The van der Waals surface area contributed by atoms with Crippen LogP contribution in [0.25, 0.3) is 0 Å². The predicted octanol–water partition coefficient (Wildman–Crippen LogP) is 0.374. The molecule has 0 radical (unpaired) electrons. The highest BCUT2D eigenvalue weighted by Crippen LogP contribution is 2.11. The molecule has 0 bridgehead atoms. The molecule has 1 heterocycles. The lowest BCUT2D eigenvalue weighted by Crippen LogP contribution is -2.35. The first kappa shape index (κ1) is 12.5. The fourth-order valence-corrected chi connectivity index (χ4v) is 1.89. The maximum atomic E-state index is 11.4. The van der Waals surface area contributed by atoms with Crippen molar-refractivity contribution < 1.29 is 4.79 Å². The first-order valence-corrected chi connectivity index (χ1v) is 6.03. The number of carbonyl (C=O) groups is 1. The van der Waals surface area contributed by atoms with Gasteiger partial charge >= 0.3 is 0 Å². The summed E-state index contributed by atoms with van der Waals surface area (Å²) in [6.45, 7) is 2.47. The third-order valence-electron chi connectivity index (χ3n) is 2.84. The molecule has 4 heteroatoms. The summed E-state index contributed by atoms with van der Waals surface area (Å²) >= 11 is 0.